The zero-order valence-corrected chi connectivity index (χ0v) is 16.1. The Morgan fingerprint density at radius 2 is 2.16 bits per heavy atom. The van der Waals surface area contributed by atoms with E-state index in [9.17, 15) is 4.79 Å². The third kappa shape index (κ3) is 5.86. The first kappa shape index (κ1) is 19.5. The number of amides is 1. The maximum atomic E-state index is 12.0. The van der Waals surface area contributed by atoms with Crippen molar-refractivity contribution in [3.63, 3.8) is 0 Å². The predicted molar refractivity (Wildman–Crippen MR) is 101 cm³/mol. The van der Waals surface area contributed by atoms with E-state index in [0.29, 0.717) is 31.4 Å². The molecule has 1 heterocycles. The summed E-state index contributed by atoms with van der Waals surface area (Å²) in [7, 11) is 1.67. The highest BCUT2D eigenvalue weighted by Crippen LogP contribution is 2.24. The van der Waals surface area contributed by atoms with Crippen LogP contribution in [0.1, 0.15) is 19.4 Å². The lowest BCUT2D eigenvalue weighted by atomic mass is 10.1. The molecule has 0 radical (unpaired) electrons. The molecule has 0 unspecified atom stereocenters. The fraction of sp³-hybridized carbons (Fsp3) is 0.500. The molecule has 7 heteroatoms. The third-order valence-corrected chi connectivity index (χ3v) is 4.52. The minimum Gasteiger partial charge on any atom is -0.383 e. The first-order chi connectivity index (χ1) is 12.0. The average molecular weight is 362 g/mol. The van der Waals surface area contributed by atoms with E-state index in [-0.39, 0.29) is 5.91 Å². The Kier molecular flexibility index (Phi) is 7.46. The van der Waals surface area contributed by atoms with Gasteiger partial charge in [-0.1, -0.05) is 49.4 Å². The van der Waals surface area contributed by atoms with Crippen LogP contribution in [0.15, 0.2) is 29.4 Å². The van der Waals surface area contributed by atoms with Crippen LogP contribution in [0.3, 0.4) is 0 Å². The van der Waals surface area contributed by atoms with Gasteiger partial charge in [-0.15, -0.1) is 10.2 Å². The Morgan fingerprint density at radius 3 is 2.84 bits per heavy atom. The second kappa shape index (κ2) is 9.58. The van der Waals surface area contributed by atoms with E-state index in [1.54, 1.807) is 7.11 Å². The molecule has 0 bridgehead atoms. The molecule has 1 N–H and O–H groups in total. The Balaban J connectivity index is 2.13. The molecule has 0 spiro atoms. The highest BCUT2D eigenvalue weighted by molar-refractivity contribution is 7.99. The summed E-state index contributed by atoms with van der Waals surface area (Å²) < 4.78 is 7.22. The van der Waals surface area contributed by atoms with Crippen molar-refractivity contribution < 1.29 is 9.53 Å². The Labute approximate surface area is 153 Å². The summed E-state index contributed by atoms with van der Waals surface area (Å²) in [6.07, 6.45) is 0. The number of methoxy groups -OCH3 is 1. The van der Waals surface area contributed by atoms with Crippen LogP contribution in [0.5, 0.6) is 0 Å². The summed E-state index contributed by atoms with van der Waals surface area (Å²) in [4.78, 5) is 12.0. The van der Waals surface area contributed by atoms with Crippen LogP contribution in [-0.4, -0.2) is 46.7 Å². The molecule has 2 rings (SSSR count). The van der Waals surface area contributed by atoms with Gasteiger partial charge in [-0.2, -0.15) is 0 Å². The van der Waals surface area contributed by atoms with Gasteiger partial charge in [0.25, 0.3) is 0 Å². The van der Waals surface area contributed by atoms with Crippen LogP contribution in [0.2, 0.25) is 0 Å². The van der Waals surface area contributed by atoms with Crippen LogP contribution in [0.4, 0.5) is 0 Å². The molecule has 6 nitrogen and oxygen atoms in total. The van der Waals surface area contributed by atoms with Gasteiger partial charge < -0.3 is 10.1 Å². The summed E-state index contributed by atoms with van der Waals surface area (Å²) >= 11 is 1.40. The highest BCUT2D eigenvalue weighted by atomic mass is 32.2. The Morgan fingerprint density at radius 1 is 1.36 bits per heavy atom. The molecule has 1 amide bonds. The molecule has 2 aromatic rings. The second-order valence-electron chi connectivity index (χ2n) is 6.31. The van der Waals surface area contributed by atoms with Gasteiger partial charge in [-0.05, 0) is 18.9 Å². The van der Waals surface area contributed by atoms with Crippen molar-refractivity contribution in [2.24, 2.45) is 5.92 Å². The molecule has 25 heavy (non-hydrogen) atoms. The number of thioether (sulfide) groups is 1. The minimum absolute atomic E-state index is 0.0112. The van der Waals surface area contributed by atoms with Gasteiger partial charge in [0.2, 0.25) is 5.91 Å². The molecule has 0 fully saturated rings. The molecule has 0 saturated carbocycles. The highest BCUT2D eigenvalue weighted by Gasteiger charge is 2.15. The van der Waals surface area contributed by atoms with Gasteiger partial charge in [-0.25, -0.2) is 0 Å². The number of hydrogen-bond acceptors (Lipinski definition) is 5. The van der Waals surface area contributed by atoms with Crippen LogP contribution < -0.4 is 5.32 Å². The normalized spacial score (nSPS) is 11.1. The summed E-state index contributed by atoms with van der Waals surface area (Å²) in [6.45, 7) is 8.08. The number of nitrogens with zero attached hydrogens (tertiary/aromatic N) is 3. The van der Waals surface area contributed by atoms with Crippen molar-refractivity contribution in [3.05, 3.63) is 29.8 Å². The number of rotatable bonds is 9. The standard InChI is InChI=1S/C18H26N4O2S/c1-13(2)11-19-16(23)12-25-18-21-20-17(22(18)8-9-24-4)15-7-5-6-14(3)10-15/h5-7,10,13H,8-9,11-12H2,1-4H3,(H,19,23). The van der Waals surface area contributed by atoms with Crippen LogP contribution in [0, 0.1) is 12.8 Å². The third-order valence-electron chi connectivity index (χ3n) is 3.55. The Bertz CT molecular complexity index is 700. The van der Waals surface area contributed by atoms with Crippen molar-refractivity contribution in [1.29, 1.82) is 0 Å². The fourth-order valence-corrected chi connectivity index (χ4v) is 3.07. The molecule has 0 aliphatic heterocycles. The Hall–Kier alpha value is -1.86. The number of ether oxygens (including phenoxy) is 1. The van der Waals surface area contributed by atoms with Gasteiger partial charge in [0.1, 0.15) is 0 Å². The van der Waals surface area contributed by atoms with Crippen LogP contribution in [0.25, 0.3) is 11.4 Å². The van der Waals surface area contributed by atoms with E-state index in [4.69, 9.17) is 4.74 Å². The van der Waals surface area contributed by atoms with Gasteiger partial charge in [0.05, 0.1) is 18.9 Å². The lowest BCUT2D eigenvalue weighted by Gasteiger charge is -2.10. The minimum atomic E-state index is 0.0112. The van der Waals surface area contributed by atoms with Gasteiger partial charge in [0.15, 0.2) is 11.0 Å². The van der Waals surface area contributed by atoms with E-state index < -0.39 is 0 Å². The number of aromatic nitrogens is 3. The van der Waals surface area contributed by atoms with Crippen molar-refractivity contribution in [2.45, 2.75) is 32.5 Å². The van der Waals surface area contributed by atoms with Crippen molar-refractivity contribution in [1.82, 2.24) is 20.1 Å². The van der Waals surface area contributed by atoms with E-state index in [1.807, 2.05) is 29.7 Å². The van der Waals surface area contributed by atoms with Crippen molar-refractivity contribution >= 4 is 17.7 Å². The number of aryl methyl sites for hydroxylation is 1. The molecule has 0 aliphatic rings. The molecular formula is C18H26N4O2S. The molecule has 1 aromatic carbocycles. The van der Waals surface area contributed by atoms with E-state index in [0.717, 1.165) is 16.5 Å². The van der Waals surface area contributed by atoms with Gasteiger partial charge >= 0.3 is 0 Å². The molecular weight excluding hydrogens is 336 g/mol. The number of benzene rings is 1. The lowest BCUT2D eigenvalue weighted by molar-refractivity contribution is -0.118. The van der Waals surface area contributed by atoms with E-state index in [2.05, 4.69) is 35.4 Å². The maximum Gasteiger partial charge on any atom is 0.230 e. The summed E-state index contributed by atoms with van der Waals surface area (Å²) in [5, 5.41) is 12.3. The maximum absolute atomic E-state index is 12.0. The number of hydrogen-bond donors (Lipinski definition) is 1. The molecule has 1 aromatic heterocycles. The van der Waals surface area contributed by atoms with Gasteiger partial charge in [-0.3, -0.25) is 9.36 Å². The summed E-state index contributed by atoms with van der Waals surface area (Å²) in [5.41, 5.74) is 2.18. The van der Waals surface area contributed by atoms with Crippen LogP contribution in [-0.2, 0) is 16.1 Å². The quantitative estimate of drug-likeness (QED) is 0.695. The zero-order chi connectivity index (χ0) is 18.2. The SMILES string of the molecule is COCCn1c(SCC(=O)NCC(C)C)nnc1-c1cccc(C)c1. The molecule has 0 aliphatic carbocycles. The average Bonchev–Trinajstić information content (AvgIpc) is 2.99. The van der Waals surface area contributed by atoms with Crippen molar-refractivity contribution in [2.75, 3.05) is 26.0 Å². The fourth-order valence-electron chi connectivity index (χ4n) is 2.28. The van der Waals surface area contributed by atoms with Crippen molar-refractivity contribution in [3.8, 4) is 11.4 Å². The largest absolute Gasteiger partial charge is 0.383 e. The first-order valence-corrected chi connectivity index (χ1v) is 9.38. The second-order valence-corrected chi connectivity index (χ2v) is 7.25. The van der Waals surface area contributed by atoms with Crippen LogP contribution >= 0.6 is 11.8 Å². The number of nitrogens with one attached hydrogen (secondary N) is 1. The molecule has 0 atom stereocenters. The van der Waals surface area contributed by atoms with E-state index in [1.165, 1.54) is 17.3 Å². The predicted octanol–water partition coefficient (Wildman–Crippen LogP) is 2.76. The lowest BCUT2D eigenvalue weighted by Crippen LogP contribution is -2.28. The topological polar surface area (TPSA) is 69.0 Å². The summed E-state index contributed by atoms with van der Waals surface area (Å²) in [6, 6.07) is 8.15. The smallest absolute Gasteiger partial charge is 0.230 e. The number of carbonyl (C=O) groups excluding carboxylic acids is 1. The zero-order valence-electron chi connectivity index (χ0n) is 15.3. The monoisotopic (exact) mass is 362 g/mol. The first-order valence-electron chi connectivity index (χ1n) is 8.40. The molecule has 136 valence electrons. The van der Waals surface area contributed by atoms with Gasteiger partial charge in [0, 0.05) is 19.2 Å². The van der Waals surface area contributed by atoms with E-state index >= 15 is 0 Å². The molecule has 0 saturated heterocycles. The number of carbonyl (C=O) groups is 1. The summed E-state index contributed by atoms with van der Waals surface area (Å²) in [5.74, 6) is 1.57.